The number of nitrogens with one attached hydrogen (secondary N) is 1. The van der Waals surface area contributed by atoms with Crippen LogP contribution in [0.5, 0.6) is 0 Å². The van der Waals surface area contributed by atoms with Crippen molar-refractivity contribution >= 4 is 12.0 Å². The van der Waals surface area contributed by atoms with E-state index in [2.05, 4.69) is 5.32 Å². The number of urea groups is 1. The second kappa shape index (κ2) is 8.08. The number of aliphatic carboxylic acids is 1. The highest BCUT2D eigenvalue weighted by molar-refractivity contribution is 5.78. The molecule has 1 fully saturated rings. The predicted molar refractivity (Wildman–Crippen MR) is 68.2 cm³/mol. The van der Waals surface area contributed by atoms with E-state index in [1.807, 2.05) is 0 Å². The summed E-state index contributed by atoms with van der Waals surface area (Å²) in [7, 11) is 0. The van der Waals surface area contributed by atoms with E-state index in [0.29, 0.717) is 0 Å². The number of carboxylic acid groups (broad SMARTS) is 1. The predicted octanol–water partition coefficient (Wildman–Crippen LogP) is 0.137. The van der Waals surface area contributed by atoms with E-state index in [4.69, 9.17) is 9.84 Å². The monoisotopic (exact) mass is 310 g/mol. The lowest BCUT2D eigenvalue weighted by atomic mass is 9.80. The molecule has 0 atom stereocenters. The molecule has 0 saturated carbocycles. The summed E-state index contributed by atoms with van der Waals surface area (Å²) in [4.78, 5) is 24.0. The molecule has 0 unspecified atom stereocenters. The number of ether oxygens (including phenoxy) is 1. The maximum Gasteiger partial charge on any atom is 0.317 e. The molecule has 9 heteroatoms. The summed E-state index contributed by atoms with van der Waals surface area (Å²) in [5, 5.41) is 20.5. The van der Waals surface area contributed by atoms with Crippen molar-refractivity contribution in [2.24, 2.45) is 5.41 Å². The van der Waals surface area contributed by atoms with Gasteiger partial charge in [-0.05, 0) is 12.8 Å². The molecule has 7 nitrogen and oxygen atoms in total. The summed E-state index contributed by atoms with van der Waals surface area (Å²) in [5.41, 5.74) is -1.14. The van der Waals surface area contributed by atoms with Gasteiger partial charge in [-0.25, -0.2) is 13.6 Å². The van der Waals surface area contributed by atoms with Gasteiger partial charge in [-0.1, -0.05) is 0 Å². The number of halogens is 2. The zero-order valence-corrected chi connectivity index (χ0v) is 11.6. The Morgan fingerprint density at radius 1 is 1.33 bits per heavy atom. The number of carboxylic acids is 1. The molecule has 0 aliphatic carbocycles. The van der Waals surface area contributed by atoms with E-state index in [1.165, 1.54) is 0 Å². The number of carbonyl (C=O) groups excluding carboxylic acids is 1. The Kier molecular flexibility index (Phi) is 6.76. The Morgan fingerprint density at radius 2 is 1.95 bits per heavy atom. The summed E-state index contributed by atoms with van der Waals surface area (Å²) in [6.45, 7) is -1.10. The van der Waals surface area contributed by atoms with E-state index in [-0.39, 0.29) is 39.1 Å². The maximum atomic E-state index is 12.4. The highest BCUT2D eigenvalue weighted by Crippen LogP contribution is 2.30. The SMILES string of the molecule is O=C(NCC1(C(=O)O)CCOCC1)N(CCO)CC(F)F. The van der Waals surface area contributed by atoms with Crippen LogP contribution in [0.15, 0.2) is 0 Å². The topological polar surface area (TPSA) is 99.1 Å². The Morgan fingerprint density at radius 3 is 2.43 bits per heavy atom. The Balaban J connectivity index is 2.60. The number of carbonyl (C=O) groups is 2. The first kappa shape index (κ1) is 17.6. The van der Waals surface area contributed by atoms with Gasteiger partial charge in [-0.2, -0.15) is 0 Å². The Bertz CT molecular complexity index is 362. The van der Waals surface area contributed by atoms with Crippen molar-refractivity contribution in [1.29, 1.82) is 0 Å². The van der Waals surface area contributed by atoms with Crippen LogP contribution in [0.1, 0.15) is 12.8 Å². The van der Waals surface area contributed by atoms with Crippen LogP contribution in [-0.4, -0.2) is 73.0 Å². The van der Waals surface area contributed by atoms with Crippen LogP contribution in [0.2, 0.25) is 0 Å². The largest absolute Gasteiger partial charge is 0.481 e. The fourth-order valence-corrected chi connectivity index (χ4v) is 2.15. The fourth-order valence-electron chi connectivity index (χ4n) is 2.15. The normalized spacial score (nSPS) is 17.5. The number of aliphatic hydroxyl groups excluding tert-OH is 1. The molecule has 3 N–H and O–H groups in total. The number of rotatable bonds is 7. The summed E-state index contributed by atoms with van der Waals surface area (Å²) < 4.78 is 29.8. The van der Waals surface area contributed by atoms with Crippen molar-refractivity contribution in [3.05, 3.63) is 0 Å². The van der Waals surface area contributed by atoms with Crippen molar-refractivity contribution in [1.82, 2.24) is 10.2 Å². The molecular weight excluding hydrogens is 290 g/mol. The molecule has 1 saturated heterocycles. The molecule has 0 bridgehead atoms. The smallest absolute Gasteiger partial charge is 0.317 e. The Hall–Kier alpha value is -1.48. The van der Waals surface area contributed by atoms with Crippen molar-refractivity contribution in [2.45, 2.75) is 19.3 Å². The molecule has 1 aliphatic rings. The first-order valence-electron chi connectivity index (χ1n) is 6.64. The van der Waals surface area contributed by atoms with Crippen LogP contribution in [0.3, 0.4) is 0 Å². The lowest BCUT2D eigenvalue weighted by Gasteiger charge is -2.34. The van der Waals surface area contributed by atoms with Crippen LogP contribution in [0, 0.1) is 5.41 Å². The fraction of sp³-hybridized carbons (Fsp3) is 0.833. The average Bonchev–Trinajstić information content (AvgIpc) is 2.44. The maximum absolute atomic E-state index is 12.4. The number of amides is 2. The minimum absolute atomic E-state index is 0.157. The molecule has 1 aliphatic heterocycles. The zero-order valence-electron chi connectivity index (χ0n) is 11.6. The lowest BCUT2D eigenvalue weighted by molar-refractivity contribution is -0.154. The van der Waals surface area contributed by atoms with Crippen LogP contribution >= 0.6 is 0 Å². The van der Waals surface area contributed by atoms with Gasteiger partial charge in [0, 0.05) is 26.3 Å². The second-order valence-electron chi connectivity index (χ2n) is 4.92. The van der Waals surface area contributed by atoms with Crippen molar-refractivity contribution < 1.29 is 33.3 Å². The summed E-state index contributed by atoms with van der Waals surface area (Å²) >= 11 is 0. The molecule has 0 aromatic carbocycles. The summed E-state index contributed by atoms with van der Waals surface area (Å²) in [5.74, 6) is -1.05. The number of aliphatic hydroxyl groups is 1. The minimum Gasteiger partial charge on any atom is -0.481 e. The standard InChI is InChI=1S/C12H20F2N2O5/c13-9(14)7-16(3-4-17)11(20)15-8-12(10(18)19)1-5-21-6-2-12/h9,17H,1-8H2,(H,15,20)(H,18,19). The van der Waals surface area contributed by atoms with Gasteiger partial charge < -0.3 is 25.2 Å². The zero-order chi connectivity index (χ0) is 15.9. The van der Waals surface area contributed by atoms with Crippen LogP contribution in [-0.2, 0) is 9.53 Å². The molecule has 2 amide bonds. The van der Waals surface area contributed by atoms with E-state index in [0.717, 1.165) is 4.90 Å². The average molecular weight is 310 g/mol. The second-order valence-corrected chi connectivity index (χ2v) is 4.92. The highest BCUT2D eigenvalue weighted by atomic mass is 19.3. The molecule has 1 rings (SSSR count). The first-order valence-corrected chi connectivity index (χ1v) is 6.64. The molecule has 1 heterocycles. The molecule has 0 aromatic rings. The molecule has 122 valence electrons. The van der Waals surface area contributed by atoms with Crippen molar-refractivity contribution in [2.75, 3.05) is 39.5 Å². The summed E-state index contributed by atoms with van der Waals surface area (Å²) in [6.07, 6.45) is -2.23. The molecular formula is C12H20F2N2O5. The molecule has 0 aromatic heterocycles. The highest BCUT2D eigenvalue weighted by Gasteiger charge is 2.40. The first-order chi connectivity index (χ1) is 9.91. The van der Waals surface area contributed by atoms with Gasteiger partial charge in [0.15, 0.2) is 0 Å². The molecule has 0 spiro atoms. The van der Waals surface area contributed by atoms with E-state index >= 15 is 0 Å². The van der Waals surface area contributed by atoms with Gasteiger partial charge in [-0.3, -0.25) is 4.79 Å². The third kappa shape index (κ3) is 5.09. The van der Waals surface area contributed by atoms with Crippen LogP contribution < -0.4 is 5.32 Å². The van der Waals surface area contributed by atoms with Crippen LogP contribution in [0.4, 0.5) is 13.6 Å². The summed E-state index contributed by atoms with van der Waals surface area (Å²) in [6, 6.07) is -0.809. The van der Waals surface area contributed by atoms with Gasteiger partial charge in [0.2, 0.25) is 0 Å². The van der Waals surface area contributed by atoms with Gasteiger partial charge in [-0.15, -0.1) is 0 Å². The number of nitrogens with zero attached hydrogens (tertiary/aromatic N) is 1. The number of hydrogen-bond acceptors (Lipinski definition) is 4. The Labute approximate surface area is 120 Å². The van der Waals surface area contributed by atoms with E-state index < -0.39 is 37.0 Å². The number of alkyl halides is 2. The van der Waals surface area contributed by atoms with Gasteiger partial charge >= 0.3 is 12.0 Å². The minimum atomic E-state index is -2.72. The van der Waals surface area contributed by atoms with Gasteiger partial charge in [0.05, 0.1) is 18.6 Å². The third-order valence-corrected chi connectivity index (χ3v) is 3.50. The van der Waals surface area contributed by atoms with Crippen molar-refractivity contribution in [3.8, 4) is 0 Å². The van der Waals surface area contributed by atoms with Crippen molar-refractivity contribution in [3.63, 3.8) is 0 Å². The van der Waals surface area contributed by atoms with Gasteiger partial charge in [0.1, 0.15) is 0 Å². The van der Waals surface area contributed by atoms with E-state index in [9.17, 15) is 23.5 Å². The quantitative estimate of drug-likeness (QED) is 0.621. The van der Waals surface area contributed by atoms with Crippen LogP contribution in [0.25, 0.3) is 0 Å². The van der Waals surface area contributed by atoms with E-state index in [1.54, 1.807) is 0 Å². The lowest BCUT2D eigenvalue weighted by Crippen LogP contribution is -2.51. The molecule has 0 radical (unpaired) electrons. The number of hydrogen-bond donors (Lipinski definition) is 3. The van der Waals surface area contributed by atoms with Gasteiger partial charge in [0.25, 0.3) is 6.43 Å². The third-order valence-electron chi connectivity index (χ3n) is 3.50. The molecule has 21 heavy (non-hydrogen) atoms.